The maximum absolute atomic E-state index is 5.94. The Morgan fingerprint density at radius 1 is 0.649 bits per heavy atom. The third kappa shape index (κ3) is 17.9. The van der Waals surface area contributed by atoms with Crippen molar-refractivity contribution in [2.45, 2.75) is 166 Å². The smallest absolute Gasteiger partial charge is 0.190 e. The van der Waals surface area contributed by atoms with Crippen molar-refractivity contribution in [2.75, 3.05) is 20.3 Å². The van der Waals surface area contributed by atoms with Crippen molar-refractivity contribution < 1.29 is 17.7 Å². The molecule has 0 saturated carbocycles. The molecule has 4 heterocycles. The van der Waals surface area contributed by atoms with Crippen molar-refractivity contribution in [3.8, 4) is 0 Å². The van der Waals surface area contributed by atoms with Gasteiger partial charge in [0.15, 0.2) is 34.7 Å². The molecule has 0 radical (unpaired) electrons. The fraction of sp³-hybridized carbons (Fsp3) is 1.00. The highest BCUT2D eigenvalue weighted by atomic mass is 28.4. The normalized spacial score (nSPS) is 23.4. The molecule has 0 bridgehead atoms. The summed E-state index contributed by atoms with van der Waals surface area (Å²) in [7, 11) is -1.61. The van der Waals surface area contributed by atoms with E-state index in [1.54, 1.807) is 0 Å². The van der Waals surface area contributed by atoms with Crippen LogP contribution in [0.2, 0.25) is 61.4 Å². The zero-order valence-electron chi connectivity index (χ0n) is 26.2. The summed E-state index contributed by atoms with van der Waals surface area (Å²) in [6.07, 6.45) is 16.0. The van der Waals surface area contributed by atoms with Crippen LogP contribution in [0.4, 0.5) is 0 Å². The van der Waals surface area contributed by atoms with E-state index in [2.05, 4.69) is 40.8 Å². The lowest BCUT2D eigenvalue weighted by atomic mass is 10.3. The molecule has 0 aromatic rings. The Balaban J connectivity index is 0.000000248. The second-order valence-corrected chi connectivity index (χ2v) is 26.5. The van der Waals surface area contributed by atoms with Crippen LogP contribution < -0.4 is 0 Å². The maximum atomic E-state index is 5.94. The minimum atomic E-state index is -1.15. The van der Waals surface area contributed by atoms with Gasteiger partial charge in [0.2, 0.25) is 0 Å². The molecule has 0 aliphatic carbocycles. The van der Waals surface area contributed by atoms with Crippen LogP contribution in [-0.4, -0.2) is 61.1 Å². The quantitative estimate of drug-likeness (QED) is 0.264. The fourth-order valence-corrected chi connectivity index (χ4v) is 17.9. The van der Waals surface area contributed by atoms with Gasteiger partial charge >= 0.3 is 0 Å². The van der Waals surface area contributed by atoms with Gasteiger partial charge in [0.05, 0.1) is 0 Å². The first kappa shape index (κ1) is 35.7. The Labute approximate surface area is 238 Å². The topological polar surface area (TPSA) is 36.9 Å². The number of hydrogen-bond donors (Lipinski definition) is 0. The van der Waals surface area contributed by atoms with Gasteiger partial charge in [0.25, 0.3) is 0 Å². The standard InChI is InChI=1S/2C8H18OSi.C7H16OSi.C6H14OSi/c1-8(2)9-10(3)6-4-5-7-10;1-3-6-9-10(2)7-4-5-8-10;1-2-8-9-6-4-3-5-7-9;1-7-8-5-3-2-4-6-8/h8H,4-7H2,1-3H3;3-8H2,1-2H3;9H,2-7H2,1H3;8H,2-6H2,1H3. The van der Waals surface area contributed by atoms with Crippen LogP contribution in [0.25, 0.3) is 0 Å². The highest BCUT2D eigenvalue weighted by molar-refractivity contribution is 6.73. The first-order chi connectivity index (χ1) is 17.8. The summed E-state index contributed by atoms with van der Waals surface area (Å²) in [6, 6.07) is 11.3. The largest absolute Gasteiger partial charge is 0.423 e. The second kappa shape index (κ2) is 21.5. The summed E-state index contributed by atoms with van der Waals surface area (Å²) in [5, 5.41) is 0. The minimum absolute atomic E-state index is 0.453. The molecule has 37 heavy (non-hydrogen) atoms. The van der Waals surface area contributed by atoms with Crippen molar-refractivity contribution in [1.82, 2.24) is 0 Å². The summed E-state index contributed by atoms with van der Waals surface area (Å²) in [5.74, 6) is 0. The van der Waals surface area contributed by atoms with Gasteiger partial charge in [-0.05, 0) is 88.6 Å². The van der Waals surface area contributed by atoms with Gasteiger partial charge < -0.3 is 17.7 Å². The van der Waals surface area contributed by atoms with Crippen molar-refractivity contribution in [3.63, 3.8) is 0 Å². The molecule has 4 rings (SSSR count). The number of hydrogen-bond acceptors (Lipinski definition) is 4. The Morgan fingerprint density at radius 2 is 1.11 bits per heavy atom. The summed E-state index contributed by atoms with van der Waals surface area (Å²) in [5.41, 5.74) is 0. The van der Waals surface area contributed by atoms with Crippen LogP contribution in [0, 0.1) is 0 Å². The van der Waals surface area contributed by atoms with E-state index < -0.39 is 34.7 Å². The third-order valence-corrected chi connectivity index (χ3v) is 21.6. The van der Waals surface area contributed by atoms with Crippen molar-refractivity contribution in [3.05, 3.63) is 0 Å². The predicted octanol–water partition coefficient (Wildman–Crippen LogP) is 9.03. The van der Waals surface area contributed by atoms with Gasteiger partial charge in [0, 0.05) is 26.4 Å². The predicted molar refractivity (Wildman–Crippen MR) is 173 cm³/mol. The molecule has 0 atom stereocenters. The van der Waals surface area contributed by atoms with E-state index in [0.717, 1.165) is 13.2 Å². The minimum Gasteiger partial charge on any atom is -0.423 e. The Morgan fingerprint density at radius 3 is 1.49 bits per heavy atom. The summed E-state index contributed by atoms with van der Waals surface area (Å²) in [6.45, 7) is 15.3. The zero-order valence-corrected chi connectivity index (χ0v) is 30.5. The molecule has 0 spiro atoms. The molecule has 4 saturated heterocycles. The van der Waals surface area contributed by atoms with Gasteiger partial charge in [-0.25, -0.2) is 0 Å². The molecular formula is C29H66O4Si4. The molecule has 4 aliphatic rings. The molecule has 0 aromatic heterocycles. The van der Waals surface area contributed by atoms with Gasteiger partial charge in [-0.15, -0.1) is 0 Å². The molecule has 4 nitrogen and oxygen atoms in total. The van der Waals surface area contributed by atoms with E-state index >= 15 is 0 Å². The average molecular weight is 591 g/mol. The highest BCUT2D eigenvalue weighted by Crippen LogP contribution is 2.32. The highest BCUT2D eigenvalue weighted by Gasteiger charge is 2.33. The Hall–Kier alpha value is 0.708. The molecule has 4 fully saturated rings. The van der Waals surface area contributed by atoms with E-state index in [-0.39, 0.29) is 0 Å². The molecule has 0 aromatic carbocycles. The molecule has 222 valence electrons. The van der Waals surface area contributed by atoms with E-state index in [1.165, 1.54) is 119 Å². The van der Waals surface area contributed by atoms with Gasteiger partial charge in [-0.2, -0.15) is 0 Å². The van der Waals surface area contributed by atoms with Crippen molar-refractivity contribution >= 4 is 34.7 Å². The van der Waals surface area contributed by atoms with Crippen molar-refractivity contribution in [1.29, 1.82) is 0 Å². The van der Waals surface area contributed by atoms with E-state index in [4.69, 9.17) is 17.7 Å². The van der Waals surface area contributed by atoms with Crippen LogP contribution in [0.1, 0.15) is 98.3 Å². The third-order valence-electron chi connectivity index (χ3n) is 8.34. The summed E-state index contributed by atoms with van der Waals surface area (Å²) >= 11 is 0. The average Bonchev–Trinajstić information content (AvgIpc) is 3.53. The molecule has 0 amide bonds. The Kier molecular flexibility index (Phi) is 20.7. The first-order valence-electron chi connectivity index (χ1n) is 16.2. The SMILES string of the molecule is CC(C)O[Si]1(C)CCCC1.CCCO[Si]1(C)CCCC1.CCO[SiH]1CCCCC1.CO[SiH]1CCCCC1. The second-order valence-electron chi connectivity index (χ2n) is 12.5. The van der Waals surface area contributed by atoms with Crippen LogP contribution in [0.15, 0.2) is 0 Å². The van der Waals surface area contributed by atoms with E-state index in [0.29, 0.717) is 6.10 Å². The lowest BCUT2D eigenvalue weighted by Gasteiger charge is -2.24. The van der Waals surface area contributed by atoms with Crippen LogP contribution >= 0.6 is 0 Å². The number of rotatable bonds is 8. The lowest BCUT2D eigenvalue weighted by molar-refractivity contribution is 0.231. The maximum Gasteiger partial charge on any atom is 0.190 e. The van der Waals surface area contributed by atoms with Crippen LogP contribution in [-0.2, 0) is 17.7 Å². The first-order valence-corrected chi connectivity index (χ1v) is 26.1. The zero-order chi connectivity index (χ0) is 27.4. The van der Waals surface area contributed by atoms with E-state index in [9.17, 15) is 0 Å². The molecule has 8 heteroatoms. The van der Waals surface area contributed by atoms with Gasteiger partial charge in [-0.3, -0.25) is 0 Å². The van der Waals surface area contributed by atoms with Crippen LogP contribution in [0.5, 0.6) is 0 Å². The summed E-state index contributed by atoms with van der Waals surface area (Å²) < 4.78 is 22.8. The Bertz CT molecular complexity index is 511. The van der Waals surface area contributed by atoms with Crippen molar-refractivity contribution in [2.24, 2.45) is 0 Å². The fourth-order valence-electron chi connectivity index (χ4n) is 6.19. The van der Waals surface area contributed by atoms with E-state index in [1.807, 2.05) is 7.11 Å². The molecule has 4 aliphatic heterocycles. The van der Waals surface area contributed by atoms with Gasteiger partial charge in [-0.1, -0.05) is 71.1 Å². The lowest BCUT2D eigenvalue weighted by Crippen LogP contribution is -2.33. The molecule has 0 unspecified atom stereocenters. The molecule has 0 N–H and O–H groups in total. The van der Waals surface area contributed by atoms with Crippen LogP contribution in [0.3, 0.4) is 0 Å². The monoisotopic (exact) mass is 590 g/mol. The summed E-state index contributed by atoms with van der Waals surface area (Å²) in [4.78, 5) is 0. The van der Waals surface area contributed by atoms with Gasteiger partial charge in [0.1, 0.15) is 0 Å². The molecular weight excluding hydrogens is 525 g/mol.